The quantitative estimate of drug-likeness (QED) is 0.286. The van der Waals surface area contributed by atoms with E-state index < -0.39 is 0 Å². The third kappa shape index (κ3) is 3.48. The molecule has 0 unspecified atom stereocenters. The third-order valence-electron chi connectivity index (χ3n) is 2.70. The van der Waals surface area contributed by atoms with Gasteiger partial charge in [-0.3, -0.25) is 10.2 Å². The molecule has 0 saturated carbocycles. The molecule has 0 fully saturated rings. The number of benzene rings is 2. The second kappa shape index (κ2) is 6.42. The van der Waals surface area contributed by atoms with Crippen LogP contribution < -0.4 is 11.3 Å². The fraction of sp³-hybridized carbons (Fsp3) is 0.214. The first kappa shape index (κ1) is 12.9. The van der Waals surface area contributed by atoms with Crippen LogP contribution in [0.3, 0.4) is 0 Å². The molecule has 18 heavy (non-hydrogen) atoms. The number of hydrogen-bond donors (Lipinski definition) is 2. The number of thioether (sulfide) groups is 1. The zero-order valence-corrected chi connectivity index (χ0v) is 10.9. The Bertz CT molecular complexity index is 542. The van der Waals surface area contributed by atoms with E-state index in [0.717, 1.165) is 12.2 Å². The molecular formula is C14H16N2OS. The first-order valence-corrected chi connectivity index (χ1v) is 6.89. The number of nitrogens with one attached hydrogen (secondary N) is 1. The average molecular weight is 260 g/mol. The van der Waals surface area contributed by atoms with Crippen molar-refractivity contribution in [1.82, 2.24) is 5.43 Å². The SMILES string of the molecule is NNC(=O)CCCSc1ccc2ccccc2c1. The van der Waals surface area contributed by atoms with Crippen molar-refractivity contribution >= 4 is 28.4 Å². The van der Waals surface area contributed by atoms with Crippen LogP contribution in [0.4, 0.5) is 0 Å². The van der Waals surface area contributed by atoms with Crippen molar-refractivity contribution in [3.05, 3.63) is 42.5 Å². The summed E-state index contributed by atoms with van der Waals surface area (Å²) in [6, 6.07) is 14.7. The van der Waals surface area contributed by atoms with E-state index in [9.17, 15) is 4.79 Å². The van der Waals surface area contributed by atoms with E-state index in [1.54, 1.807) is 11.8 Å². The molecule has 94 valence electrons. The molecule has 0 aromatic heterocycles. The van der Waals surface area contributed by atoms with Crippen LogP contribution in [0.1, 0.15) is 12.8 Å². The Morgan fingerprint density at radius 3 is 2.72 bits per heavy atom. The van der Waals surface area contributed by atoms with Crippen molar-refractivity contribution in [1.29, 1.82) is 0 Å². The number of carbonyl (C=O) groups is 1. The predicted octanol–water partition coefficient (Wildman–Crippen LogP) is 2.70. The minimum Gasteiger partial charge on any atom is -0.294 e. The van der Waals surface area contributed by atoms with E-state index in [1.165, 1.54) is 15.7 Å². The lowest BCUT2D eigenvalue weighted by atomic mass is 10.1. The van der Waals surface area contributed by atoms with Crippen molar-refractivity contribution < 1.29 is 4.79 Å². The van der Waals surface area contributed by atoms with Crippen molar-refractivity contribution in [3.8, 4) is 0 Å². The molecule has 0 aliphatic heterocycles. The van der Waals surface area contributed by atoms with Gasteiger partial charge in [-0.05, 0) is 35.1 Å². The number of nitrogens with two attached hydrogens (primary N) is 1. The van der Waals surface area contributed by atoms with Gasteiger partial charge in [-0.15, -0.1) is 11.8 Å². The molecule has 0 aliphatic carbocycles. The van der Waals surface area contributed by atoms with Crippen LogP contribution in [0, 0.1) is 0 Å². The highest BCUT2D eigenvalue weighted by Gasteiger charge is 2.00. The van der Waals surface area contributed by atoms with Gasteiger partial charge < -0.3 is 0 Å². The van der Waals surface area contributed by atoms with Crippen LogP contribution in [0.5, 0.6) is 0 Å². The van der Waals surface area contributed by atoms with E-state index >= 15 is 0 Å². The first-order chi connectivity index (χ1) is 8.79. The van der Waals surface area contributed by atoms with Crippen molar-refractivity contribution in [3.63, 3.8) is 0 Å². The monoisotopic (exact) mass is 260 g/mol. The van der Waals surface area contributed by atoms with E-state index in [0.29, 0.717) is 6.42 Å². The van der Waals surface area contributed by atoms with Crippen LogP contribution in [0.25, 0.3) is 10.8 Å². The predicted molar refractivity (Wildman–Crippen MR) is 76.2 cm³/mol. The summed E-state index contributed by atoms with van der Waals surface area (Å²) >= 11 is 1.77. The summed E-state index contributed by atoms with van der Waals surface area (Å²) in [5, 5.41) is 2.51. The summed E-state index contributed by atoms with van der Waals surface area (Å²) in [5.74, 6) is 5.84. The minimum atomic E-state index is -0.103. The maximum Gasteiger partial charge on any atom is 0.233 e. The zero-order chi connectivity index (χ0) is 12.8. The Balaban J connectivity index is 1.90. The second-order valence-corrected chi connectivity index (χ2v) is 5.20. The lowest BCUT2D eigenvalue weighted by molar-refractivity contribution is -0.121. The highest BCUT2D eigenvalue weighted by molar-refractivity contribution is 7.99. The van der Waals surface area contributed by atoms with Crippen LogP contribution >= 0.6 is 11.8 Å². The molecule has 0 heterocycles. The second-order valence-electron chi connectivity index (χ2n) is 4.03. The molecule has 0 saturated heterocycles. The molecule has 0 atom stereocenters. The van der Waals surface area contributed by atoms with Crippen LogP contribution in [0.2, 0.25) is 0 Å². The van der Waals surface area contributed by atoms with E-state index in [1.807, 2.05) is 12.1 Å². The van der Waals surface area contributed by atoms with Gasteiger partial charge in [0.05, 0.1) is 0 Å². The lowest BCUT2D eigenvalue weighted by Crippen LogP contribution is -2.29. The Morgan fingerprint density at radius 2 is 1.94 bits per heavy atom. The summed E-state index contributed by atoms with van der Waals surface area (Å²) in [4.78, 5) is 12.2. The number of rotatable bonds is 5. The molecule has 0 bridgehead atoms. The van der Waals surface area contributed by atoms with E-state index in [4.69, 9.17) is 5.84 Å². The summed E-state index contributed by atoms with van der Waals surface area (Å²) in [5.41, 5.74) is 2.14. The summed E-state index contributed by atoms with van der Waals surface area (Å²) < 4.78 is 0. The van der Waals surface area contributed by atoms with Crippen LogP contribution in [-0.2, 0) is 4.79 Å². The Kier molecular flexibility index (Phi) is 4.61. The molecule has 4 heteroatoms. The summed E-state index contributed by atoms with van der Waals surface area (Å²) in [6.07, 6.45) is 1.32. The number of amides is 1. The van der Waals surface area contributed by atoms with Crippen molar-refractivity contribution in [2.75, 3.05) is 5.75 Å². The number of carbonyl (C=O) groups excluding carboxylic acids is 1. The van der Waals surface area contributed by atoms with Gasteiger partial charge in [0, 0.05) is 11.3 Å². The maximum absolute atomic E-state index is 11.0. The summed E-state index contributed by atoms with van der Waals surface area (Å²) in [6.45, 7) is 0. The van der Waals surface area contributed by atoms with Gasteiger partial charge in [0.1, 0.15) is 0 Å². The Labute approximate surface area is 111 Å². The third-order valence-corrected chi connectivity index (χ3v) is 3.78. The van der Waals surface area contributed by atoms with Crippen LogP contribution in [-0.4, -0.2) is 11.7 Å². The highest BCUT2D eigenvalue weighted by Crippen LogP contribution is 2.24. The van der Waals surface area contributed by atoms with Gasteiger partial charge >= 0.3 is 0 Å². The van der Waals surface area contributed by atoms with E-state index in [-0.39, 0.29) is 5.91 Å². The highest BCUT2D eigenvalue weighted by atomic mass is 32.2. The first-order valence-electron chi connectivity index (χ1n) is 5.90. The molecule has 2 aromatic carbocycles. The Hall–Kier alpha value is -1.52. The lowest BCUT2D eigenvalue weighted by Gasteiger charge is -2.03. The van der Waals surface area contributed by atoms with Gasteiger partial charge in [-0.25, -0.2) is 5.84 Å². The maximum atomic E-state index is 11.0. The molecule has 1 amide bonds. The number of fused-ring (bicyclic) bond motifs is 1. The normalized spacial score (nSPS) is 10.5. The van der Waals surface area contributed by atoms with Crippen LogP contribution in [0.15, 0.2) is 47.4 Å². The molecule has 0 aliphatic rings. The van der Waals surface area contributed by atoms with Gasteiger partial charge in [0.15, 0.2) is 0 Å². The fourth-order valence-electron chi connectivity index (χ4n) is 1.75. The summed E-state index contributed by atoms with van der Waals surface area (Å²) in [7, 11) is 0. The fourth-order valence-corrected chi connectivity index (χ4v) is 2.65. The van der Waals surface area contributed by atoms with Gasteiger partial charge in [0.2, 0.25) is 5.91 Å². The topological polar surface area (TPSA) is 55.1 Å². The number of hydrazine groups is 1. The van der Waals surface area contributed by atoms with Gasteiger partial charge in [-0.2, -0.15) is 0 Å². The average Bonchev–Trinajstić information content (AvgIpc) is 2.43. The molecule has 0 radical (unpaired) electrons. The molecule has 3 N–H and O–H groups in total. The smallest absolute Gasteiger partial charge is 0.233 e. The van der Waals surface area contributed by atoms with Crippen molar-refractivity contribution in [2.45, 2.75) is 17.7 Å². The molecule has 3 nitrogen and oxygen atoms in total. The van der Waals surface area contributed by atoms with Gasteiger partial charge in [0.25, 0.3) is 0 Å². The molecule has 2 rings (SSSR count). The van der Waals surface area contributed by atoms with Gasteiger partial charge in [-0.1, -0.05) is 30.3 Å². The van der Waals surface area contributed by atoms with E-state index in [2.05, 4.69) is 35.8 Å². The molecule has 0 spiro atoms. The molecule has 2 aromatic rings. The van der Waals surface area contributed by atoms with Crippen molar-refractivity contribution in [2.24, 2.45) is 5.84 Å². The minimum absolute atomic E-state index is 0.103. The molecular weight excluding hydrogens is 244 g/mol. The zero-order valence-electron chi connectivity index (χ0n) is 10.1. The standard InChI is InChI=1S/C14H16N2OS/c15-16-14(17)6-3-9-18-13-8-7-11-4-1-2-5-12(11)10-13/h1-2,4-5,7-8,10H,3,6,9,15H2,(H,16,17). The number of hydrogen-bond acceptors (Lipinski definition) is 3. The Morgan fingerprint density at radius 1 is 1.17 bits per heavy atom. The largest absolute Gasteiger partial charge is 0.294 e.